The van der Waals surface area contributed by atoms with Crippen molar-refractivity contribution in [2.24, 2.45) is 0 Å². The number of benzene rings is 1. The fraction of sp³-hybridized carbons (Fsp3) is 0.533. The third-order valence-electron chi connectivity index (χ3n) is 2.87. The minimum Gasteiger partial charge on any atom is -0.494 e. The summed E-state index contributed by atoms with van der Waals surface area (Å²) in [5.41, 5.74) is 1.14. The van der Waals surface area contributed by atoms with Crippen LogP contribution in [0, 0.1) is 6.92 Å². The Bertz CT molecular complexity index is 503. The molecule has 1 aromatic carbocycles. The standard InChI is InChI=1S/C15H20F3NO3/c1-4-21-13-6-5-12(9-11(13)2)14(20)22-8-7-19(3)10-15(16,17)18/h5-6,9H,4,7-8,10H2,1-3H3. The van der Waals surface area contributed by atoms with E-state index < -0.39 is 18.7 Å². The highest BCUT2D eigenvalue weighted by molar-refractivity contribution is 5.89. The van der Waals surface area contributed by atoms with E-state index in [0.29, 0.717) is 17.9 Å². The van der Waals surface area contributed by atoms with Crippen molar-refractivity contribution in [2.75, 3.05) is 33.4 Å². The zero-order chi connectivity index (χ0) is 16.8. The molecule has 0 atom stereocenters. The molecule has 0 bridgehead atoms. The van der Waals surface area contributed by atoms with Gasteiger partial charge in [0.25, 0.3) is 0 Å². The highest BCUT2D eigenvalue weighted by Gasteiger charge is 2.29. The van der Waals surface area contributed by atoms with Gasteiger partial charge in [-0.15, -0.1) is 0 Å². The van der Waals surface area contributed by atoms with Gasteiger partial charge in [0.1, 0.15) is 12.4 Å². The first-order chi connectivity index (χ1) is 10.2. The molecule has 0 aliphatic heterocycles. The van der Waals surface area contributed by atoms with Crippen LogP contribution < -0.4 is 4.74 Å². The molecule has 1 aromatic rings. The molecule has 0 aliphatic rings. The zero-order valence-electron chi connectivity index (χ0n) is 12.9. The number of nitrogens with zero attached hydrogens (tertiary/aromatic N) is 1. The predicted octanol–water partition coefficient (Wildman–Crippen LogP) is 3.04. The van der Waals surface area contributed by atoms with Crippen molar-refractivity contribution in [2.45, 2.75) is 20.0 Å². The summed E-state index contributed by atoms with van der Waals surface area (Å²) in [6.45, 7) is 3.07. The van der Waals surface area contributed by atoms with Crippen LogP contribution in [0.2, 0.25) is 0 Å². The SMILES string of the molecule is CCOc1ccc(C(=O)OCCN(C)CC(F)(F)F)cc1C. The molecule has 0 amide bonds. The number of hydrogen-bond donors (Lipinski definition) is 0. The minimum atomic E-state index is -4.26. The molecule has 0 saturated carbocycles. The van der Waals surface area contributed by atoms with Crippen molar-refractivity contribution in [3.63, 3.8) is 0 Å². The van der Waals surface area contributed by atoms with Gasteiger partial charge < -0.3 is 9.47 Å². The summed E-state index contributed by atoms with van der Waals surface area (Å²) < 4.78 is 46.8. The van der Waals surface area contributed by atoms with E-state index in [1.165, 1.54) is 7.05 Å². The second-order valence-corrected chi connectivity index (χ2v) is 4.90. The maximum Gasteiger partial charge on any atom is 0.401 e. The van der Waals surface area contributed by atoms with Crippen molar-refractivity contribution < 1.29 is 27.4 Å². The first kappa shape index (κ1) is 18.3. The number of carbonyl (C=O) groups excluding carboxylic acids is 1. The van der Waals surface area contributed by atoms with Gasteiger partial charge in [-0.3, -0.25) is 4.90 Å². The number of esters is 1. The van der Waals surface area contributed by atoms with Crippen molar-refractivity contribution >= 4 is 5.97 Å². The van der Waals surface area contributed by atoms with E-state index in [2.05, 4.69) is 0 Å². The molecule has 0 unspecified atom stereocenters. The summed E-state index contributed by atoms with van der Waals surface area (Å²) in [5.74, 6) is 0.121. The third-order valence-corrected chi connectivity index (χ3v) is 2.87. The molecule has 0 aliphatic carbocycles. The van der Waals surface area contributed by atoms with Crippen LogP contribution in [0.3, 0.4) is 0 Å². The Morgan fingerprint density at radius 1 is 1.32 bits per heavy atom. The van der Waals surface area contributed by atoms with E-state index in [0.717, 1.165) is 10.5 Å². The molecule has 0 spiro atoms. The Morgan fingerprint density at radius 2 is 2.00 bits per heavy atom. The van der Waals surface area contributed by atoms with Gasteiger partial charge in [-0.05, 0) is 44.7 Å². The average molecular weight is 319 g/mol. The molecule has 124 valence electrons. The first-order valence-corrected chi connectivity index (χ1v) is 6.89. The normalized spacial score (nSPS) is 11.6. The molecule has 0 heterocycles. The summed E-state index contributed by atoms with van der Waals surface area (Å²) >= 11 is 0. The van der Waals surface area contributed by atoms with E-state index in [4.69, 9.17) is 9.47 Å². The monoisotopic (exact) mass is 319 g/mol. The number of halogens is 3. The lowest BCUT2D eigenvalue weighted by Crippen LogP contribution is -2.33. The van der Waals surface area contributed by atoms with Gasteiger partial charge in [0, 0.05) is 6.54 Å². The van der Waals surface area contributed by atoms with E-state index >= 15 is 0 Å². The number of rotatable bonds is 7. The van der Waals surface area contributed by atoms with Crippen LogP contribution >= 0.6 is 0 Å². The summed E-state index contributed by atoms with van der Waals surface area (Å²) in [6, 6.07) is 4.87. The molecule has 0 aromatic heterocycles. The van der Waals surface area contributed by atoms with Crippen LogP contribution in [-0.2, 0) is 4.74 Å². The lowest BCUT2D eigenvalue weighted by molar-refractivity contribution is -0.143. The van der Waals surface area contributed by atoms with Crippen LogP contribution in [0.5, 0.6) is 5.75 Å². The topological polar surface area (TPSA) is 38.8 Å². The number of likely N-dealkylation sites (N-methyl/N-ethyl adjacent to an activating group) is 1. The maximum atomic E-state index is 12.1. The van der Waals surface area contributed by atoms with Gasteiger partial charge in [0.15, 0.2) is 0 Å². The van der Waals surface area contributed by atoms with E-state index in [9.17, 15) is 18.0 Å². The molecular formula is C15H20F3NO3. The first-order valence-electron chi connectivity index (χ1n) is 6.89. The second-order valence-electron chi connectivity index (χ2n) is 4.90. The zero-order valence-corrected chi connectivity index (χ0v) is 12.9. The highest BCUT2D eigenvalue weighted by atomic mass is 19.4. The van der Waals surface area contributed by atoms with E-state index in [1.54, 1.807) is 25.1 Å². The molecule has 7 heteroatoms. The van der Waals surface area contributed by atoms with Crippen LogP contribution in [-0.4, -0.2) is 50.4 Å². The van der Waals surface area contributed by atoms with Crippen molar-refractivity contribution in [1.82, 2.24) is 4.90 Å². The van der Waals surface area contributed by atoms with Gasteiger partial charge in [0.2, 0.25) is 0 Å². The molecule has 0 saturated heterocycles. The Hall–Kier alpha value is -1.76. The molecule has 0 radical (unpaired) electrons. The van der Waals surface area contributed by atoms with Crippen molar-refractivity contribution in [3.8, 4) is 5.75 Å². The van der Waals surface area contributed by atoms with Gasteiger partial charge in [0.05, 0.1) is 18.7 Å². The molecule has 22 heavy (non-hydrogen) atoms. The van der Waals surface area contributed by atoms with Gasteiger partial charge in [-0.2, -0.15) is 13.2 Å². The smallest absolute Gasteiger partial charge is 0.401 e. The largest absolute Gasteiger partial charge is 0.494 e. The summed E-state index contributed by atoms with van der Waals surface area (Å²) in [6.07, 6.45) is -4.26. The highest BCUT2D eigenvalue weighted by Crippen LogP contribution is 2.19. The summed E-state index contributed by atoms with van der Waals surface area (Å²) in [4.78, 5) is 12.9. The minimum absolute atomic E-state index is 0.0151. The van der Waals surface area contributed by atoms with Gasteiger partial charge in [-0.1, -0.05) is 0 Å². The van der Waals surface area contributed by atoms with Crippen LogP contribution in [0.15, 0.2) is 18.2 Å². The molecule has 0 fully saturated rings. The van der Waals surface area contributed by atoms with E-state index in [-0.39, 0.29) is 13.2 Å². The Kier molecular flexibility index (Phi) is 6.67. The fourth-order valence-electron chi connectivity index (χ4n) is 1.86. The van der Waals surface area contributed by atoms with Crippen LogP contribution in [0.1, 0.15) is 22.8 Å². The molecular weight excluding hydrogens is 299 g/mol. The average Bonchev–Trinajstić information content (AvgIpc) is 2.39. The molecule has 4 nitrogen and oxygen atoms in total. The number of ether oxygens (including phenoxy) is 2. The summed E-state index contributed by atoms with van der Waals surface area (Å²) in [7, 11) is 1.32. The van der Waals surface area contributed by atoms with E-state index in [1.807, 2.05) is 6.92 Å². The lowest BCUT2D eigenvalue weighted by Gasteiger charge is -2.18. The Balaban J connectivity index is 2.47. The third kappa shape index (κ3) is 6.34. The molecule has 1 rings (SSSR count). The van der Waals surface area contributed by atoms with Gasteiger partial charge in [-0.25, -0.2) is 4.79 Å². The van der Waals surface area contributed by atoms with Gasteiger partial charge >= 0.3 is 12.1 Å². The quantitative estimate of drug-likeness (QED) is 0.724. The Morgan fingerprint density at radius 3 is 2.55 bits per heavy atom. The maximum absolute atomic E-state index is 12.1. The second kappa shape index (κ2) is 8.03. The predicted molar refractivity (Wildman–Crippen MR) is 76.2 cm³/mol. The number of alkyl halides is 3. The van der Waals surface area contributed by atoms with Crippen LogP contribution in [0.4, 0.5) is 13.2 Å². The summed E-state index contributed by atoms with van der Waals surface area (Å²) in [5, 5.41) is 0. The van der Waals surface area contributed by atoms with Crippen LogP contribution in [0.25, 0.3) is 0 Å². The van der Waals surface area contributed by atoms with Crippen molar-refractivity contribution in [1.29, 1.82) is 0 Å². The Labute approximate surface area is 127 Å². The molecule has 0 N–H and O–H groups in total. The fourth-order valence-corrected chi connectivity index (χ4v) is 1.86. The lowest BCUT2D eigenvalue weighted by atomic mass is 10.1. The number of hydrogen-bond acceptors (Lipinski definition) is 4. The van der Waals surface area contributed by atoms with Crippen molar-refractivity contribution in [3.05, 3.63) is 29.3 Å². The number of aryl methyl sites for hydroxylation is 1. The number of carbonyl (C=O) groups is 1.